The summed E-state index contributed by atoms with van der Waals surface area (Å²) in [4.78, 5) is 16.5. The summed E-state index contributed by atoms with van der Waals surface area (Å²) in [5.74, 6) is -1.91. The average Bonchev–Trinajstić information content (AvgIpc) is 3.24. The molecule has 0 spiro atoms. The molecular formula is C27H27ClF2N2O3. The van der Waals surface area contributed by atoms with Gasteiger partial charge in [0.25, 0.3) is 5.91 Å². The van der Waals surface area contributed by atoms with E-state index in [9.17, 15) is 18.7 Å². The Balaban J connectivity index is 0.00000361. The van der Waals surface area contributed by atoms with Gasteiger partial charge in [0.1, 0.15) is 17.4 Å². The van der Waals surface area contributed by atoms with Crippen molar-refractivity contribution in [2.75, 3.05) is 13.2 Å². The third-order valence-electron chi connectivity index (χ3n) is 5.68. The van der Waals surface area contributed by atoms with Gasteiger partial charge in [-0.1, -0.05) is 42.8 Å². The summed E-state index contributed by atoms with van der Waals surface area (Å²) in [6.07, 6.45) is 2.95. The highest BCUT2D eigenvalue weighted by Gasteiger charge is 2.21. The van der Waals surface area contributed by atoms with E-state index < -0.39 is 23.6 Å². The van der Waals surface area contributed by atoms with E-state index in [1.807, 2.05) is 37.4 Å². The monoisotopic (exact) mass is 500 g/mol. The number of carbonyl (C=O) groups is 1. The molecule has 1 aromatic heterocycles. The predicted molar refractivity (Wildman–Crippen MR) is 135 cm³/mol. The maximum absolute atomic E-state index is 14.5. The Bertz CT molecular complexity index is 1340. The zero-order chi connectivity index (χ0) is 24.9. The Hall–Kier alpha value is -3.42. The highest BCUT2D eigenvalue weighted by atomic mass is 35.5. The highest BCUT2D eigenvalue weighted by molar-refractivity contribution is 6.30. The number of amides is 1. The van der Waals surface area contributed by atoms with E-state index in [0.29, 0.717) is 19.4 Å². The number of fused-ring (bicyclic) bond motifs is 1. The molecule has 1 atom stereocenters. The number of aliphatic hydroxyl groups is 1. The second kappa shape index (κ2) is 10.9. The molecule has 1 amide bonds. The van der Waals surface area contributed by atoms with Crippen molar-refractivity contribution in [1.82, 2.24) is 10.3 Å². The molecule has 3 aromatic carbocycles. The van der Waals surface area contributed by atoms with E-state index >= 15 is 0 Å². The summed E-state index contributed by atoms with van der Waals surface area (Å²) in [6.45, 7) is 1.99. The summed E-state index contributed by atoms with van der Waals surface area (Å²) in [5, 5.41) is 13.7. The molecule has 184 valence electrons. The number of aliphatic hydroxyl groups excluding tert-OH is 1. The molecule has 0 aliphatic heterocycles. The van der Waals surface area contributed by atoms with Gasteiger partial charge < -0.3 is 20.1 Å². The molecule has 4 aromatic rings. The van der Waals surface area contributed by atoms with Crippen LogP contribution >= 0.6 is 11.6 Å². The Morgan fingerprint density at radius 1 is 1.17 bits per heavy atom. The van der Waals surface area contributed by atoms with Gasteiger partial charge in [-0.25, -0.2) is 8.78 Å². The molecule has 0 unspecified atom stereocenters. The van der Waals surface area contributed by atoms with Crippen LogP contribution in [0.4, 0.5) is 8.78 Å². The summed E-state index contributed by atoms with van der Waals surface area (Å²) < 4.78 is 34.8. The van der Waals surface area contributed by atoms with Crippen LogP contribution in [0.1, 0.15) is 30.7 Å². The van der Waals surface area contributed by atoms with Crippen molar-refractivity contribution >= 4 is 28.4 Å². The van der Waals surface area contributed by atoms with Gasteiger partial charge >= 0.3 is 0 Å². The van der Waals surface area contributed by atoms with Gasteiger partial charge in [0, 0.05) is 23.5 Å². The van der Waals surface area contributed by atoms with E-state index in [4.69, 9.17) is 16.3 Å². The number of halogens is 3. The first kappa shape index (κ1) is 24.7. The molecule has 3 N–H and O–H groups in total. The van der Waals surface area contributed by atoms with Crippen LogP contribution in [0.3, 0.4) is 0 Å². The summed E-state index contributed by atoms with van der Waals surface area (Å²) in [7, 11) is 0. The minimum Gasteiger partial charge on any atom is -0.493 e. The molecule has 0 aliphatic rings. The number of para-hydroxylation sites is 1. The number of nitrogens with one attached hydrogen (secondary N) is 2. The molecule has 0 radical (unpaired) electrons. The van der Waals surface area contributed by atoms with Gasteiger partial charge in [0.2, 0.25) is 0 Å². The fourth-order valence-electron chi connectivity index (χ4n) is 4.01. The molecule has 4 rings (SSSR count). The molecule has 1 heterocycles. The van der Waals surface area contributed by atoms with E-state index in [-0.39, 0.29) is 35.5 Å². The Kier molecular flexibility index (Phi) is 7.68. The molecule has 5 nitrogen and oxygen atoms in total. The van der Waals surface area contributed by atoms with Crippen molar-refractivity contribution < 1.29 is 24.8 Å². The van der Waals surface area contributed by atoms with Crippen LogP contribution in [0.15, 0.2) is 60.8 Å². The molecule has 0 aliphatic carbocycles. The van der Waals surface area contributed by atoms with E-state index in [1.54, 1.807) is 0 Å². The van der Waals surface area contributed by atoms with E-state index in [0.717, 1.165) is 28.6 Å². The van der Waals surface area contributed by atoms with Gasteiger partial charge in [0.15, 0.2) is 0 Å². The fraction of sp³-hybridized carbons (Fsp3) is 0.222. The Morgan fingerprint density at radius 3 is 2.63 bits per heavy atom. The first-order valence-corrected chi connectivity index (χ1v) is 11.7. The largest absolute Gasteiger partial charge is 0.493 e. The number of carbonyl (C=O) groups excluding carboxylic acids is 1. The first-order chi connectivity index (χ1) is 16.9. The lowest BCUT2D eigenvalue weighted by atomic mass is 10.00. The molecule has 0 bridgehead atoms. The molecule has 0 saturated carbocycles. The van der Waals surface area contributed by atoms with Crippen LogP contribution in [0.5, 0.6) is 5.75 Å². The second-order valence-electron chi connectivity index (χ2n) is 8.22. The molecule has 0 fully saturated rings. The van der Waals surface area contributed by atoms with Gasteiger partial charge in [-0.3, -0.25) is 4.79 Å². The number of aromatic nitrogens is 1. The van der Waals surface area contributed by atoms with Crippen molar-refractivity contribution in [2.45, 2.75) is 25.8 Å². The van der Waals surface area contributed by atoms with E-state index in [2.05, 4.69) is 10.3 Å². The third-order valence-corrected chi connectivity index (χ3v) is 5.90. The minimum atomic E-state index is -0.837. The van der Waals surface area contributed by atoms with Crippen molar-refractivity contribution in [2.24, 2.45) is 0 Å². The number of rotatable bonds is 9. The number of benzene rings is 3. The van der Waals surface area contributed by atoms with Crippen LogP contribution in [0, 0.1) is 11.6 Å². The van der Waals surface area contributed by atoms with Crippen LogP contribution < -0.4 is 10.1 Å². The molecule has 0 saturated heterocycles. The molecule has 35 heavy (non-hydrogen) atoms. The predicted octanol–water partition coefficient (Wildman–Crippen LogP) is 6.13. The topological polar surface area (TPSA) is 74.3 Å². The van der Waals surface area contributed by atoms with Crippen molar-refractivity contribution in [3.63, 3.8) is 0 Å². The Labute approximate surface area is 208 Å². The van der Waals surface area contributed by atoms with E-state index in [1.165, 1.54) is 18.2 Å². The number of aromatic amines is 1. The van der Waals surface area contributed by atoms with Gasteiger partial charge in [-0.2, -0.15) is 0 Å². The Morgan fingerprint density at radius 2 is 1.91 bits per heavy atom. The zero-order valence-corrected chi connectivity index (χ0v) is 19.8. The minimum absolute atomic E-state index is 0. The zero-order valence-electron chi connectivity index (χ0n) is 19.1. The van der Waals surface area contributed by atoms with Gasteiger partial charge in [-0.05, 0) is 54.3 Å². The number of hydrogen-bond acceptors (Lipinski definition) is 3. The van der Waals surface area contributed by atoms with Crippen molar-refractivity contribution in [3.05, 3.63) is 88.6 Å². The lowest BCUT2D eigenvalue weighted by Crippen LogP contribution is -2.39. The van der Waals surface area contributed by atoms with Gasteiger partial charge in [-0.15, -0.1) is 0 Å². The third kappa shape index (κ3) is 5.47. The smallest absolute Gasteiger partial charge is 0.255 e. The van der Waals surface area contributed by atoms with Crippen molar-refractivity contribution in [3.8, 4) is 16.9 Å². The highest BCUT2D eigenvalue weighted by Crippen LogP contribution is 2.32. The fourth-order valence-corrected chi connectivity index (χ4v) is 4.20. The summed E-state index contributed by atoms with van der Waals surface area (Å²) >= 11 is 5.75. The maximum atomic E-state index is 14.5. The standard InChI is InChI=1S/C27H25ClF2N2O3.H2/c1-2-9-35-25-8-7-16(26-22(29)12-18(28)13-23(26)30)11-21(25)27(34)32-19(15-33)10-17-14-31-24-6-4-3-5-20(17)24;/h3-8,11-14,19,31,33H,2,9-10,15H2,1H3,(H,32,34);1H/t19-;/m0./s1. The normalized spacial score (nSPS) is 12.0. The van der Waals surface area contributed by atoms with Crippen LogP contribution in [0.2, 0.25) is 5.02 Å². The first-order valence-electron chi connectivity index (χ1n) is 11.3. The molecule has 8 heteroatoms. The number of hydrogen-bond donors (Lipinski definition) is 3. The average molecular weight is 501 g/mol. The summed E-state index contributed by atoms with van der Waals surface area (Å²) in [6, 6.07) is 13.6. The lowest BCUT2D eigenvalue weighted by molar-refractivity contribution is 0.0912. The SMILES string of the molecule is CCCOc1ccc(-c2c(F)cc(Cl)cc2F)cc1C(=O)N[C@H](CO)Cc1c[nH]c2ccccc12.[HH]. The quantitative estimate of drug-likeness (QED) is 0.258. The number of ether oxygens (including phenoxy) is 1. The van der Waals surface area contributed by atoms with Crippen LogP contribution in [-0.2, 0) is 6.42 Å². The van der Waals surface area contributed by atoms with Gasteiger partial charge in [0.05, 0.1) is 30.4 Å². The maximum Gasteiger partial charge on any atom is 0.255 e. The lowest BCUT2D eigenvalue weighted by Gasteiger charge is -2.18. The van der Waals surface area contributed by atoms with Crippen LogP contribution in [0.25, 0.3) is 22.0 Å². The van der Waals surface area contributed by atoms with Crippen molar-refractivity contribution in [1.29, 1.82) is 0 Å². The van der Waals surface area contributed by atoms with Crippen LogP contribution in [-0.4, -0.2) is 35.3 Å². The second-order valence-corrected chi connectivity index (χ2v) is 8.66. The summed E-state index contributed by atoms with van der Waals surface area (Å²) in [5.41, 5.74) is 1.90. The molecular weight excluding hydrogens is 474 g/mol. The number of H-pyrrole nitrogens is 1.